The zero-order chi connectivity index (χ0) is 84.1. The molecule has 608 valence electrons. The molecule has 2 aliphatic carbocycles. The van der Waals surface area contributed by atoms with Crippen molar-refractivity contribution in [1.29, 1.82) is 0 Å². The van der Waals surface area contributed by atoms with Gasteiger partial charge in [-0.3, -0.25) is 0 Å². The third-order valence-corrected chi connectivity index (χ3v) is 28.2. The minimum Gasteiger partial charge on any atom is -0.342 e. The molecule has 5 heteroatoms. The lowest BCUT2D eigenvalue weighted by atomic mass is 9.33. The monoisotopic (exact) mass is 1590 g/mol. The van der Waals surface area contributed by atoms with Crippen LogP contribution in [0, 0.1) is 0 Å². The van der Waals surface area contributed by atoms with E-state index in [4.69, 9.17) is 0 Å². The molecule has 2 aliphatic heterocycles. The van der Waals surface area contributed by atoms with Crippen LogP contribution in [0.25, 0.3) is 93.8 Å². The van der Waals surface area contributed by atoms with Crippen molar-refractivity contribution in [2.45, 2.75) is 201 Å². The highest BCUT2D eigenvalue weighted by molar-refractivity contribution is 7.00. The number of fused-ring (bicyclic) bond motifs is 20. The Morgan fingerprint density at radius 2 is 0.697 bits per heavy atom. The van der Waals surface area contributed by atoms with Crippen LogP contribution in [0.5, 0.6) is 0 Å². The fraction of sp³-hybridized carbons (Fsp3) is 0.282. The number of hydrogen-bond donors (Lipinski definition) is 0. The van der Waals surface area contributed by atoms with Gasteiger partial charge in [-0.2, -0.15) is 0 Å². The van der Waals surface area contributed by atoms with Gasteiger partial charge in [0.2, 0.25) is 0 Å². The molecular weight excluding hydrogens is 1470 g/mol. The molecule has 14 aromatic carbocycles. The Morgan fingerprint density at radius 1 is 0.270 bits per heavy atom. The predicted molar refractivity (Wildman–Crippen MR) is 524 cm³/mol. The van der Waals surface area contributed by atoms with Gasteiger partial charge in [-0.15, -0.1) is 0 Å². The molecule has 20 rings (SSSR count). The van der Waals surface area contributed by atoms with Crippen LogP contribution in [0.4, 0.5) is 22.7 Å². The summed E-state index contributed by atoms with van der Waals surface area (Å²) in [4.78, 5) is 5.65. The van der Waals surface area contributed by atoms with E-state index in [0.29, 0.717) is 0 Å². The maximum Gasteiger partial charge on any atom is 0.252 e. The van der Waals surface area contributed by atoms with Crippen molar-refractivity contribution in [2.75, 3.05) is 22.9 Å². The van der Waals surface area contributed by atoms with Gasteiger partial charge in [-0.1, -0.05) is 347 Å². The van der Waals surface area contributed by atoms with Gasteiger partial charge < -0.3 is 18.9 Å². The summed E-state index contributed by atoms with van der Waals surface area (Å²) in [5, 5.41) is 5.21. The van der Waals surface area contributed by atoms with E-state index in [2.05, 4.69) is 414 Å². The van der Waals surface area contributed by atoms with Gasteiger partial charge in [0.25, 0.3) is 6.71 Å². The third-order valence-electron chi connectivity index (χ3n) is 28.2. The van der Waals surface area contributed by atoms with Crippen molar-refractivity contribution in [3.63, 3.8) is 0 Å². The zero-order valence-electron chi connectivity index (χ0n) is 74.6. The number of aryl methyl sites for hydroxylation is 4. The van der Waals surface area contributed by atoms with Crippen LogP contribution in [0.3, 0.4) is 0 Å². The molecule has 2 aromatic heterocycles. The first-order valence-corrected chi connectivity index (χ1v) is 45.5. The van der Waals surface area contributed by atoms with Crippen molar-refractivity contribution in [3.05, 3.63) is 358 Å². The summed E-state index contributed by atoms with van der Waals surface area (Å²) < 4.78 is 5.22. The van der Waals surface area contributed by atoms with E-state index in [1.54, 1.807) is 0 Å². The summed E-state index contributed by atoms with van der Waals surface area (Å²) in [5.41, 5.74) is 42.6. The SMILES string of the molecule is CC(C)(C)c1ccc(-c2cc(C(C)(C)C)ccc2CCCCCCN2c3cc(-n4c5ccccc5c5cc6c(cc54)C4(c5ccccc5-c5ccccc54)c4ccccc4-6)ccc3B3c4ccc(CCCn5c6ccccc6c6ccccc65)cc4N(CCCc4ccc(C(C)(C)C)cc4-c4ccc(C(C)(C)C)cc4)c4cc(C(C)(C)C)cc2c43)cc1. The molecule has 4 nitrogen and oxygen atoms in total. The second kappa shape index (κ2) is 29.9. The van der Waals surface area contributed by atoms with Crippen LogP contribution in [-0.4, -0.2) is 28.9 Å². The molecule has 0 N–H and O–H groups in total. The van der Waals surface area contributed by atoms with Crippen LogP contribution in [0.2, 0.25) is 0 Å². The third kappa shape index (κ3) is 13.4. The average molecular weight is 1590 g/mol. The van der Waals surface area contributed by atoms with Crippen molar-refractivity contribution in [3.8, 4) is 50.2 Å². The molecular formula is C117H117BN4. The number of aromatic nitrogens is 2. The van der Waals surface area contributed by atoms with Gasteiger partial charge in [0, 0.05) is 80.6 Å². The maximum atomic E-state index is 2.83. The molecule has 0 saturated heterocycles. The fourth-order valence-electron chi connectivity index (χ4n) is 21.6. The summed E-state index contributed by atoms with van der Waals surface area (Å²) in [6.45, 7) is 38.0. The van der Waals surface area contributed by atoms with Crippen LogP contribution in [0.1, 0.15) is 209 Å². The van der Waals surface area contributed by atoms with E-state index in [-0.39, 0.29) is 33.8 Å². The molecule has 0 saturated carbocycles. The van der Waals surface area contributed by atoms with Crippen molar-refractivity contribution < 1.29 is 0 Å². The summed E-state index contributed by atoms with van der Waals surface area (Å²) in [6, 6.07) is 115. The molecule has 4 aliphatic rings. The van der Waals surface area contributed by atoms with Gasteiger partial charge in [0.1, 0.15) is 0 Å². The summed E-state index contributed by atoms with van der Waals surface area (Å²) >= 11 is 0. The quantitative estimate of drug-likeness (QED) is 0.0629. The maximum absolute atomic E-state index is 2.83. The lowest BCUT2D eigenvalue weighted by Crippen LogP contribution is -2.62. The standard InChI is InChI=1S/C117H117BN4/c1-112(2,3)81-56-50-79(51-57-81)93-69-83(114(7,8)9)60-54-77(93)35-18-16-17-31-65-120-108-73-86(122-105-48-30-24-42-92(105)96-74-95-89-39-21-27-45-99(89)117(100(95)75-106(96)122)97-43-25-19-37-87(97)88-38-20-26-44-98(88)117)62-64-102(108)118-101-63-49-76(34-32-66-119-103-46-28-22-40-90(103)91-41-23-29-47-104(91)119)68-107(101)121(110-72-85(116(13,14)15)71-109(120)111(110)118)67-33-36-78-55-61-84(115(10,11)12)70-94(78)80-52-58-82(59-53-80)113(4,5)6/h19-30,37-64,68-75H,16-18,31-36,65-67H2,1-15H3. The number of unbranched alkanes of at least 4 members (excludes halogenated alkanes) is 3. The number of rotatable bonds is 18. The Kier molecular flexibility index (Phi) is 19.3. The van der Waals surface area contributed by atoms with E-state index in [1.165, 1.54) is 200 Å². The molecule has 4 heterocycles. The molecule has 0 atom stereocenters. The van der Waals surface area contributed by atoms with Crippen LogP contribution in [0.15, 0.2) is 291 Å². The molecule has 0 radical (unpaired) electrons. The molecule has 0 bridgehead atoms. The zero-order valence-corrected chi connectivity index (χ0v) is 74.6. The van der Waals surface area contributed by atoms with Crippen molar-refractivity contribution in [1.82, 2.24) is 9.13 Å². The number of anilines is 4. The normalized spacial score (nSPS) is 13.9. The summed E-state index contributed by atoms with van der Waals surface area (Å²) in [6.07, 6.45) is 9.38. The summed E-state index contributed by atoms with van der Waals surface area (Å²) in [5.74, 6) is 0. The predicted octanol–water partition coefficient (Wildman–Crippen LogP) is 28.5. The van der Waals surface area contributed by atoms with E-state index < -0.39 is 5.41 Å². The first-order chi connectivity index (χ1) is 58.7. The highest BCUT2D eigenvalue weighted by Gasteiger charge is 2.52. The molecule has 122 heavy (non-hydrogen) atoms. The molecule has 1 spiro atoms. The average Bonchev–Trinajstić information content (AvgIpc) is 1.50. The van der Waals surface area contributed by atoms with Gasteiger partial charge in [0.05, 0.1) is 16.4 Å². The smallest absolute Gasteiger partial charge is 0.252 e. The Balaban J connectivity index is 0.731. The van der Waals surface area contributed by atoms with Crippen LogP contribution >= 0.6 is 0 Å². The minimum absolute atomic E-state index is 0.00262. The summed E-state index contributed by atoms with van der Waals surface area (Å²) in [7, 11) is 0. The number of hydrogen-bond acceptors (Lipinski definition) is 2. The second-order valence-electron chi connectivity index (χ2n) is 41.2. The lowest BCUT2D eigenvalue weighted by Gasteiger charge is -2.45. The number of benzene rings is 14. The molecule has 0 unspecified atom stereocenters. The Labute approximate surface area is 725 Å². The van der Waals surface area contributed by atoms with E-state index >= 15 is 0 Å². The Morgan fingerprint density at radius 3 is 1.22 bits per heavy atom. The first kappa shape index (κ1) is 78.9. The lowest BCUT2D eigenvalue weighted by molar-refractivity contribution is 0.589. The van der Waals surface area contributed by atoms with Gasteiger partial charge in [0.15, 0.2) is 0 Å². The van der Waals surface area contributed by atoms with Crippen molar-refractivity contribution in [2.24, 2.45) is 0 Å². The minimum atomic E-state index is -0.487. The van der Waals surface area contributed by atoms with Crippen molar-refractivity contribution >= 4 is 89.5 Å². The van der Waals surface area contributed by atoms with E-state index in [0.717, 1.165) is 77.4 Å². The van der Waals surface area contributed by atoms with Gasteiger partial charge >= 0.3 is 0 Å². The van der Waals surface area contributed by atoms with Gasteiger partial charge in [-0.25, -0.2) is 0 Å². The largest absolute Gasteiger partial charge is 0.342 e. The molecule has 0 fully saturated rings. The highest BCUT2D eigenvalue weighted by atomic mass is 15.2. The fourth-order valence-corrected chi connectivity index (χ4v) is 21.6. The number of nitrogens with zero attached hydrogens (tertiary/aromatic N) is 4. The highest BCUT2D eigenvalue weighted by Crippen LogP contribution is 2.64. The van der Waals surface area contributed by atoms with Gasteiger partial charge in [-0.05, 0) is 260 Å². The Hall–Kier alpha value is -11.7. The van der Waals surface area contributed by atoms with E-state index in [9.17, 15) is 0 Å². The topological polar surface area (TPSA) is 16.3 Å². The second-order valence-corrected chi connectivity index (χ2v) is 41.2. The molecule has 16 aromatic rings. The number of para-hydroxylation sites is 3. The van der Waals surface area contributed by atoms with Crippen LogP contribution in [-0.2, 0) is 58.3 Å². The van der Waals surface area contributed by atoms with Crippen LogP contribution < -0.4 is 26.2 Å². The van der Waals surface area contributed by atoms with E-state index in [1.807, 2.05) is 0 Å². The molecule has 0 amide bonds. The first-order valence-electron chi connectivity index (χ1n) is 45.5. The Bertz CT molecular complexity index is 6700.